The molecule has 1 saturated carbocycles. The van der Waals surface area contributed by atoms with Crippen LogP contribution in [0.2, 0.25) is 0 Å². The summed E-state index contributed by atoms with van der Waals surface area (Å²) >= 11 is 0. The Balaban J connectivity index is 1.26. The molecule has 0 bridgehead atoms. The van der Waals surface area contributed by atoms with E-state index < -0.39 is 6.23 Å². The number of aliphatic imine (C=N–C) groups is 2. The molecule has 0 amide bonds. The number of ether oxygens (including phenoxy) is 1. The van der Waals surface area contributed by atoms with E-state index in [0.29, 0.717) is 18.5 Å². The summed E-state index contributed by atoms with van der Waals surface area (Å²) in [6.07, 6.45) is 8.97. The molecule has 0 spiro atoms. The van der Waals surface area contributed by atoms with Crippen molar-refractivity contribution in [3.05, 3.63) is 24.5 Å². The van der Waals surface area contributed by atoms with Crippen LogP contribution in [0.25, 0.3) is 11.0 Å². The standard InChI is InChI=1S/C22H29N7O2/c30-21-13-20(25-14-26-21)28-16-3-1-15(2-4-16)27-19-12-17(29-7-9-31-10-8-29)11-18-22(19)24-6-5-23-18/h5-6,11-12,14-16,21,27,30H,1-4,7-10,13H2,(H,25,26,28)/t15-,16+,21?. The maximum atomic E-state index is 9.67. The van der Waals surface area contributed by atoms with E-state index in [1.165, 1.54) is 12.0 Å². The van der Waals surface area contributed by atoms with Gasteiger partial charge in [-0.05, 0) is 37.8 Å². The maximum Gasteiger partial charge on any atom is 0.153 e. The highest BCUT2D eigenvalue weighted by Gasteiger charge is 2.24. The smallest absolute Gasteiger partial charge is 0.153 e. The van der Waals surface area contributed by atoms with Crippen molar-refractivity contribution in [2.24, 2.45) is 9.98 Å². The molecule has 2 aliphatic heterocycles. The highest BCUT2D eigenvalue weighted by atomic mass is 16.5. The predicted octanol–water partition coefficient (Wildman–Crippen LogP) is 1.93. The quantitative estimate of drug-likeness (QED) is 0.690. The van der Waals surface area contributed by atoms with Gasteiger partial charge in [-0.25, -0.2) is 9.98 Å². The van der Waals surface area contributed by atoms with Crippen LogP contribution >= 0.6 is 0 Å². The number of anilines is 2. The number of nitrogens with one attached hydrogen (secondary N) is 2. The first-order valence-corrected chi connectivity index (χ1v) is 11.1. The minimum absolute atomic E-state index is 0.381. The lowest BCUT2D eigenvalue weighted by Gasteiger charge is -2.32. The van der Waals surface area contributed by atoms with E-state index >= 15 is 0 Å². The lowest BCUT2D eigenvalue weighted by molar-refractivity contribution is 0.122. The number of hydrogen-bond donors (Lipinski definition) is 3. The van der Waals surface area contributed by atoms with Crippen molar-refractivity contribution in [1.82, 2.24) is 15.3 Å². The van der Waals surface area contributed by atoms with Gasteiger partial charge in [-0.15, -0.1) is 0 Å². The van der Waals surface area contributed by atoms with E-state index in [0.717, 1.165) is 74.5 Å². The Bertz CT molecular complexity index is 965. The van der Waals surface area contributed by atoms with Crippen LogP contribution in [-0.2, 0) is 4.74 Å². The Hall–Kier alpha value is -2.78. The van der Waals surface area contributed by atoms with Crippen LogP contribution in [0.15, 0.2) is 34.5 Å². The topological polar surface area (TPSA) is 107 Å². The van der Waals surface area contributed by atoms with Crippen molar-refractivity contribution in [2.45, 2.75) is 50.4 Å². The van der Waals surface area contributed by atoms with Crippen molar-refractivity contribution < 1.29 is 9.84 Å². The van der Waals surface area contributed by atoms with Crippen molar-refractivity contribution in [2.75, 3.05) is 36.5 Å². The Labute approximate surface area is 181 Å². The Morgan fingerprint density at radius 3 is 2.48 bits per heavy atom. The van der Waals surface area contributed by atoms with Gasteiger partial charge in [0, 0.05) is 43.3 Å². The second kappa shape index (κ2) is 9.15. The van der Waals surface area contributed by atoms with Gasteiger partial charge in [-0.3, -0.25) is 9.97 Å². The van der Waals surface area contributed by atoms with E-state index in [1.54, 1.807) is 12.4 Å². The molecule has 9 nitrogen and oxygen atoms in total. The zero-order valence-electron chi connectivity index (χ0n) is 17.6. The molecule has 1 aliphatic carbocycles. The minimum atomic E-state index is -0.675. The minimum Gasteiger partial charge on any atom is -0.380 e. The number of morpholine rings is 1. The molecule has 1 saturated heterocycles. The SMILES string of the molecule is OC1CC(N[C@H]2CC[C@@H](Nc3cc(N4CCOCC4)cc4nccnc34)CC2)=NC=N1. The molecule has 5 rings (SSSR count). The summed E-state index contributed by atoms with van der Waals surface area (Å²) in [5.74, 6) is 0.832. The maximum absolute atomic E-state index is 9.67. The van der Waals surface area contributed by atoms with Crippen LogP contribution < -0.4 is 15.5 Å². The summed E-state index contributed by atoms with van der Waals surface area (Å²) in [5.41, 5.74) is 4.06. The number of fused-ring (bicyclic) bond motifs is 1. The molecular weight excluding hydrogens is 394 g/mol. The van der Waals surface area contributed by atoms with Gasteiger partial charge in [-0.1, -0.05) is 0 Å². The number of hydrogen-bond acceptors (Lipinski definition) is 9. The van der Waals surface area contributed by atoms with Crippen LogP contribution in [0.4, 0.5) is 11.4 Å². The zero-order valence-corrected chi connectivity index (χ0v) is 17.6. The molecule has 3 N–H and O–H groups in total. The Kier molecular flexibility index (Phi) is 5.95. The average molecular weight is 424 g/mol. The summed E-state index contributed by atoms with van der Waals surface area (Å²) in [6, 6.07) is 5.11. The number of aliphatic hydroxyl groups excluding tert-OH is 1. The molecule has 3 heterocycles. The fourth-order valence-corrected chi connectivity index (χ4v) is 4.57. The van der Waals surface area contributed by atoms with Gasteiger partial charge in [0.25, 0.3) is 0 Å². The largest absolute Gasteiger partial charge is 0.380 e. The summed E-state index contributed by atoms with van der Waals surface area (Å²) < 4.78 is 5.51. The monoisotopic (exact) mass is 423 g/mol. The third kappa shape index (κ3) is 4.77. The lowest BCUT2D eigenvalue weighted by atomic mass is 9.90. The molecule has 1 unspecified atom stereocenters. The molecule has 3 aliphatic rings. The second-order valence-electron chi connectivity index (χ2n) is 8.38. The first kappa shape index (κ1) is 20.1. The summed E-state index contributed by atoms with van der Waals surface area (Å²) in [6.45, 7) is 3.30. The highest BCUT2D eigenvalue weighted by Crippen LogP contribution is 2.31. The van der Waals surface area contributed by atoms with Crippen molar-refractivity contribution in [3.8, 4) is 0 Å². The Morgan fingerprint density at radius 2 is 1.71 bits per heavy atom. The number of amidine groups is 1. The molecule has 1 atom stereocenters. The van der Waals surface area contributed by atoms with Crippen molar-refractivity contribution >= 4 is 34.6 Å². The molecule has 164 valence electrons. The number of rotatable bonds is 4. The van der Waals surface area contributed by atoms with Gasteiger partial charge in [0.2, 0.25) is 0 Å². The third-order valence-electron chi connectivity index (χ3n) is 6.22. The van der Waals surface area contributed by atoms with E-state index in [2.05, 4.69) is 47.6 Å². The molecule has 2 aromatic rings. The molecule has 2 fully saturated rings. The summed E-state index contributed by atoms with van der Waals surface area (Å²) in [4.78, 5) is 19.6. The van der Waals surface area contributed by atoms with Gasteiger partial charge >= 0.3 is 0 Å². The molecular formula is C22H29N7O2. The van der Waals surface area contributed by atoms with Crippen molar-refractivity contribution in [3.63, 3.8) is 0 Å². The van der Waals surface area contributed by atoms with Gasteiger partial charge in [0.1, 0.15) is 17.7 Å². The lowest BCUT2D eigenvalue weighted by Crippen LogP contribution is -2.41. The number of aromatic nitrogens is 2. The predicted molar refractivity (Wildman–Crippen MR) is 122 cm³/mol. The fourth-order valence-electron chi connectivity index (χ4n) is 4.57. The summed E-state index contributed by atoms with van der Waals surface area (Å²) in [7, 11) is 0. The third-order valence-corrected chi connectivity index (χ3v) is 6.22. The number of benzene rings is 1. The van der Waals surface area contributed by atoms with Crippen LogP contribution in [0, 0.1) is 0 Å². The zero-order chi connectivity index (χ0) is 21.0. The highest BCUT2D eigenvalue weighted by molar-refractivity contribution is 5.92. The van der Waals surface area contributed by atoms with E-state index in [-0.39, 0.29) is 0 Å². The van der Waals surface area contributed by atoms with Gasteiger partial charge in [0.05, 0.1) is 30.8 Å². The van der Waals surface area contributed by atoms with E-state index in [9.17, 15) is 5.11 Å². The fraction of sp³-hybridized carbons (Fsp3) is 0.545. The average Bonchev–Trinajstić information content (AvgIpc) is 2.81. The van der Waals surface area contributed by atoms with Crippen LogP contribution in [-0.4, -0.2) is 71.9 Å². The normalized spacial score (nSPS) is 26.5. The van der Waals surface area contributed by atoms with Gasteiger partial charge < -0.3 is 25.4 Å². The second-order valence-corrected chi connectivity index (χ2v) is 8.38. The van der Waals surface area contributed by atoms with Gasteiger partial charge in [-0.2, -0.15) is 0 Å². The molecule has 1 aromatic heterocycles. The first-order valence-electron chi connectivity index (χ1n) is 11.1. The molecule has 9 heteroatoms. The number of nitrogens with zero attached hydrogens (tertiary/aromatic N) is 5. The number of aliphatic hydroxyl groups is 1. The molecule has 0 radical (unpaired) electrons. The van der Waals surface area contributed by atoms with Crippen LogP contribution in [0.3, 0.4) is 0 Å². The Morgan fingerprint density at radius 1 is 0.968 bits per heavy atom. The van der Waals surface area contributed by atoms with Gasteiger partial charge in [0.15, 0.2) is 6.23 Å². The van der Waals surface area contributed by atoms with E-state index in [4.69, 9.17) is 4.74 Å². The summed E-state index contributed by atoms with van der Waals surface area (Å²) in [5, 5.41) is 16.9. The first-order chi connectivity index (χ1) is 15.2. The van der Waals surface area contributed by atoms with E-state index in [1.807, 2.05) is 0 Å². The van der Waals surface area contributed by atoms with Crippen molar-refractivity contribution in [1.29, 1.82) is 0 Å². The van der Waals surface area contributed by atoms with Crippen LogP contribution in [0.5, 0.6) is 0 Å². The molecule has 31 heavy (non-hydrogen) atoms. The van der Waals surface area contributed by atoms with Crippen LogP contribution in [0.1, 0.15) is 32.1 Å². The molecule has 1 aromatic carbocycles.